The molecule has 6 nitrogen and oxygen atoms in total. The second-order valence-electron chi connectivity index (χ2n) is 5.60. The van der Waals surface area contributed by atoms with Gasteiger partial charge in [0, 0.05) is 29.4 Å². The number of aromatic amines is 1. The van der Waals surface area contributed by atoms with Crippen LogP contribution in [0, 0.1) is 0 Å². The van der Waals surface area contributed by atoms with Gasteiger partial charge in [-0.05, 0) is 17.7 Å². The first kappa shape index (κ1) is 15.0. The van der Waals surface area contributed by atoms with E-state index >= 15 is 0 Å². The Morgan fingerprint density at radius 2 is 1.92 bits per heavy atom. The molecule has 0 saturated carbocycles. The van der Waals surface area contributed by atoms with Crippen molar-refractivity contribution in [3.8, 4) is 11.3 Å². The molecule has 3 heterocycles. The highest BCUT2D eigenvalue weighted by atomic mass is 16.1. The monoisotopic (exact) mass is 329 g/mol. The summed E-state index contributed by atoms with van der Waals surface area (Å²) >= 11 is 0. The minimum atomic E-state index is -0.114. The maximum absolute atomic E-state index is 12.2. The van der Waals surface area contributed by atoms with Crippen LogP contribution in [-0.2, 0) is 11.2 Å². The van der Waals surface area contributed by atoms with Crippen molar-refractivity contribution < 1.29 is 4.79 Å². The van der Waals surface area contributed by atoms with Crippen LogP contribution in [-0.4, -0.2) is 25.8 Å². The molecule has 4 rings (SSSR count). The van der Waals surface area contributed by atoms with Crippen LogP contribution in [0.3, 0.4) is 0 Å². The Morgan fingerprint density at radius 1 is 1.04 bits per heavy atom. The van der Waals surface area contributed by atoms with E-state index in [2.05, 4.69) is 25.3 Å². The van der Waals surface area contributed by atoms with E-state index in [1.165, 1.54) is 6.33 Å². The summed E-state index contributed by atoms with van der Waals surface area (Å²) in [6.45, 7) is 0. The summed E-state index contributed by atoms with van der Waals surface area (Å²) in [5, 5.41) is 3.80. The zero-order valence-corrected chi connectivity index (χ0v) is 13.3. The van der Waals surface area contributed by atoms with Gasteiger partial charge in [0.05, 0.1) is 12.1 Å². The summed E-state index contributed by atoms with van der Waals surface area (Å²) < 4.78 is 0. The fourth-order valence-electron chi connectivity index (χ4n) is 2.71. The van der Waals surface area contributed by atoms with E-state index in [1.54, 1.807) is 12.3 Å². The first-order valence-corrected chi connectivity index (χ1v) is 7.88. The number of nitrogens with zero attached hydrogens (tertiary/aromatic N) is 3. The number of hydrogen-bond donors (Lipinski definition) is 2. The van der Waals surface area contributed by atoms with E-state index in [1.807, 2.05) is 48.7 Å². The second-order valence-corrected chi connectivity index (χ2v) is 5.60. The van der Waals surface area contributed by atoms with Crippen LogP contribution in [0.1, 0.15) is 5.56 Å². The standard InChI is InChI=1S/C19H15N5O/c25-18(9-13-5-2-1-3-6-13)24-17-10-16(22-12-23-17)15-11-21-19-14(15)7-4-8-20-19/h1-8,10-12H,9H2,(H,20,21)(H,22,23,24,25). The number of fused-ring (bicyclic) bond motifs is 1. The van der Waals surface area contributed by atoms with Gasteiger partial charge in [0.15, 0.2) is 0 Å². The first-order valence-electron chi connectivity index (χ1n) is 7.88. The van der Waals surface area contributed by atoms with Crippen LogP contribution >= 0.6 is 0 Å². The van der Waals surface area contributed by atoms with Gasteiger partial charge in [-0.3, -0.25) is 4.79 Å². The predicted octanol–water partition coefficient (Wildman–Crippen LogP) is 3.20. The number of rotatable bonds is 4. The van der Waals surface area contributed by atoms with Gasteiger partial charge in [-0.2, -0.15) is 0 Å². The number of anilines is 1. The van der Waals surface area contributed by atoms with E-state index in [4.69, 9.17) is 0 Å². The Kier molecular flexibility index (Phi) is 3.92. The molecule has 1 amide bonds. The molecular formula is C19H15N5O. The largest absolute Gasteiger partial charge is 0.345 e. The third-order valence-corrected chi connectivity index (χ3v) is 3.87. The van der Waals surface area contributed by atoms with Crippen molar-refractivity contribution in [2.45, 2.75) is 6.42 Å². The Hall–Kier alpha value is -3.54. The fourth-order valence-corrected chi connectivity index (χ4v) is 2.71. The van der Waals surface area contributed by atoms with Gasteiger partial charge in [-0.1, -0.05) is 30.3 Å². The van der Waals surface area contributed by atoms with Crippen molar-refractivity contribution in [3.63, 3.8) is 0 Å². The molecule has 6 heteroatoms. The lowest BCUT2D eigenvalue weighted by atomic mass is 10.1. The summed E-state index contributed by atoms with van der Waals surface area (Å²) in [6.07, 6.45) is 5.34. The SMILES string of the molecule is O=C(Cc1ccccc1)Nc1cc(-c2c[nH]c3ncccc23)ncn1. The number of amides is 1. The van der Waals surface area contributed by atoms with E-state index in [0.717, 1.165) is 27.9 Å². The maximum atomic E-state index is 12.2. The van der Waals surface area contributed by atoms with Crippen LogP contribution in [0.5, 0.6) is 0 Å². The average Bonchev–Trinajstić information content (AvgIpc) is 3.07. The average molecular weight is 329 g/mol. The normalized spacial score (nSPS) is 10.7. The Balaban J connectivity index is 1.56. The van der Waals surface area contributed by atoms with Gasteiger partial charge in [-0.25, -0.2) is 15.0 Å². The number of carbonyl (C=O) groups is 1. The van der Waals surface area contributed by atoms with E-state index < -0.39 is 0 Å². The van der Waals surface area contributed by atoms with Crippen molar-refractivity contribution in [2.75, 3.05) is 5.32 Å². The Labute approximate surface area is 144 Å². The van der Waals surface area contributed by atoms with Gasteiger partial charge >= 0.3 is 0 Å². The third kappa shape index (κ3) is 3.23. The molecule has 0 spiro atoms. The highest BCUT2D eigenvalue weighted by molar-refractivity contribution is 5.94. The zero-order chi connectivity index (χ0) is 17.1. The molecule has 4 aromatic rings. The molecule has 0 radical (unpaired) electrons. The van der Waals surface area contributed by atoms with Crippen molar-refractivity contribution in [2.24, 2.45) is 0 Å². The summed E-state index contributed by atoms with van der Waals surface area (Å²) in [4.78, 5) is 28.1. The summed E-state index contributed by atoms with van der Waals surface area (Å²) in [5.41, 5.74) is 3.40. The lowest BCUT2D eigenvalue weighted by molar-refractivity contribution is -0.115. The molecule has 0 unspecified atom stereocenters. The maximum Gasteiger partial charge on any atom is 0.229 e. The van der Waals surface area contributed by atoms with Crippen molar-refractivity contribution in [3.05, 3.63) is 72.8 Å². The molecule has 0 saturated heterocycles. The molecule has 0 atom stereocenters. The van der Waals surface area contributed by atoms with E-state index in [9.17, 15) is 4.79 Å². The second kappa shape index (κ2) is 6.52. The number of nitrogens with one attached hydrogen (secondary N) is 2. The summed E-state index contributed by atoms with van der Waals surface area (Å²) in [6, 6.07) is 15.2. The quantitative estimate of drug-likeness (QED) is 0.602. The number of H-pyrrole nitrogens is 1. The molecule has 3 aromatic heterocycles. The predicted molar refractivity (Wildman–Crippen MR) is 95.9 cm³/mol. The molecule has 25 heavy (non-hydrogen) atoms. The summed E-state index contributed by atoms with van der Waals surface area (Å²) in [7, 11) is 0. The molecule has 0 aliphatic carbocycles. The van der Waals surface area contributed by atoms with Crippen molar-refractivity contribution >= 4 is 22.8 Å². The molecule has 0 fully saturated rings. The number of benzene rings is 1. The van der Waals surface area contributed by atoms with Crippen LogP contribution in [0.25, 0.3) is 22.3 Å². The number of carbonyl (C=O) groups excluding carboxylic acids is 1. The van der Waals surface area contributed by atoms with Crippen LogP contribution in [0.4, 0.5) is 5.82 Å². The number of hydrogen-bond acceptors (Lipinski definition) is 4. The lowest BCUT2D eigenvalue weighted by Crippen LogP contribution is -2.15. The third-order valence-electron chi connectivity index (χ3n) is 3.87. The molecule has 122 valence electrons. The molecule has 1 aromatic carbocycles. The zero-order valence-electron chi connectivity index (χ0n) is 13.3. The Morgan fingerprint density at radius 3 is 2.80 bits per heavy atom. The van der Waals surface area contributed by atoms with E-state index in [-0.39, 0.29) is 5.91 Å². The molecule has 0 aliphatic heterocycles. The van der Waals surface area contributed by atoms with Gasteiger partial charge in [0.1, 0.15) is 17.8 Å². The fraction of sp³-hybridized carbons (Fsp3) is 0.0526. The number of pyridine rings is 1. The number of aromatic nitrogens is 4. The highest BCUT2D eigenvalue weighted by Crippen LogP contribution is 2.26. The van der Waals surface area contributed by atoms with Crippen molar-refractivity contribution in [1.29, 1.82) is 0 Å². The van der Waals surface area contributed by atoms with E-state index in [0.29, 0.717) is 12.2 Å². The topological polar surface area (TPSA) is 83.6 Å². The van der Waals surface area contributed by atoms with Gasteiger partial charge in [0.2, 0.25) is 5.91 Å². The minimum absolute atomic E-state index is 0.114. The Bertz CT molecular complexity index is 1030. The first-order chi connectivity index (χ1) is 12.3. The lowest BCUT2D eigenvalue weighted by Gasteiger charge is -2.06. The van der Waals surface area contributed by atoms with Crippen LogP contribution < -0.4 is 5.32 Å². The van der Waals surface area contributed by atoms with Gasteiger partial charge < -0.3 is 10.3 Å². The molecule has 0 aliphatic rings. The highest BCUT2D eigenvalue weighted by Gasteiger charge is 2.10. The van der Waals surface area contributed by atoms with Crippen molar-refractivity contribution in [1.82, 2.24) is 19.9 Å². The minimum Gasteiger partial charge on any atom is -0.345 e. The molecule has 2 N–H and O–H groups in total. The smallest absolute Gasteiger partial charge is 0.229 e. The van der Waals surface area contributed by atoms with Crippen LogP contribution in [0.15, 0.2) is 67.3 Å². The van der Waals surface area contributed by atoms with Gasteiger partial charge in [0.25, 0.3) is 0 Å². The molecule has 0 bridgehead atoms. The van der Waals surface area contributed by atoms with Crippen LogP contribution in [0.2, 0.25) is 0 Å². The van der Waals surface area contributed by atoms with Gasteiger partial charge in [-0.15, -0.1) is 0 Å². The molecular weight excluding hydrogens is 314 g/mol. The summed E-state index contributed by atoms with van der Waals surface area (Å²) in [5.74, 6) is 0.362.